The first-order valence-corrected chi connectivity index (χ1v) is 9.59. The summed E-state index contributed by atoms with van der Waals surface area (Å²) in [7, 11) is 0. The summed E-state index contributed by atoms with van der Waals surface area (Å²) in [5.41, 5.74) is 2.12. The van der Waals surface area contributed by atoms with Crippen molar-refractivity contribution >= 4 is 29.2 Å². The van der Waals surface area contributed by atoms with Crippen LogP contribution < -0.4 is 9.47 Å². The largest absolute Gasteiger partial charge is 0.489 e. The van der Waals surface area contributed by atoms with E-state index in [9.17, 15) is 4.79 Å². The Morgan fingerprint density at radius 2 is 1.79 bits per heavy atom. The molecule has 152 valence electrons. The molecule has 1 heterocycles. The Hall–Kier alpha value is -2.70. The number of carbonyl (C=O) groups excluding carboxylic acids is 1. The van der Waals surface area contributed by atoms with Gasteiger partial charge in [-0.15, -0.1) is 0 Å². The Balaban J connectivity index is 1.45. The summed E-state index contributed by atoms with van der Waals surface area (Å²) >= 11 is 11.9. The fourth-order valence-electron chi connectivity index (χ4n) is 2.51. The van der Waals surface area contributed by atoms with Crippen LogP contribution in [0.15, 0.2) is 47.0 Å². The van der Waals surface area contributed by atoms with Gasteiger partial charge in [-0.2, -0.15) is 0 Å². The van der Waals surface area contributed by atoms with Crippen LogP contribution in [-0.2, 0) is 11.3 Å². The molecule has 0 aliphatic heterocycles. The van der Waals surface area contributed by atoms with E-state index in [2.05, 4.69) is 5.16 Å². The second-order valence-electron chi connectivity index (χ2n) is 6.17. The summed E-state index contributed by atoms with van der Waals surface area (Å²) in [6.07, 6.45) is 0. The molecule has 0 amide bonds. The second kappa shape index (κ2) is 9.67. The number of aromatic nitrogens is 1. The minimum absolute atomic E-state index is 0.0854. The average Bonchev–Trinajstić information content (AvgIpc) is 3.03. The third-order valence-electron chi connectivity index (χ3n) is 4.12. The maximum absolute atomic E-state index is 12.1. The number of hydrogen-bond donors (Lipinski definition) is 0. The number of esters is 1. The molecule has 29 heavy (non-hydrogen) atoms. The van der Waals surface area contributed by atoms with E-state index in [1.54, 1.807) is 42.5 Å². The number of ether oxygens (including phenoxy) is 3. The predicted octanol–water partition coefficient (Wildman–Crippen LogP) is 5.41. The molecule has 0 atom stereocenters. The molecule has 0 radical (unpaired) electrons. The van der Waals surface area contributed by atoms with Crippen molar-refractivity contribution in [3.8, 4) is 11.5 Å². The highest BCUT2D eigenvalue weighted by atomic mass is 35.5. The summed E-state index contributed by atoms with van der Waals surface area (Å²) in [5, 5.41) is 4.81. The molecule has 3 aromatic rings. The standard InChI is InChI=1S/C21H19Cl2NO5/c1-13-18(14(2)29-24-13)12-28-17-6-3-15(4-7-17)21(25)27-10-9-26-20-8-5-16(22)11-19(20)23/h3-8,11H,9-10,12H2,1-2H3. The third-order valence-corrected chi connectivity index (χ3v) is 4.65. The summed E-state index contributed by atoms with van der Waals surface area (Å²) in [4.78, 5) is 12.1. The lowest BCUT2D eigenvalue weighted by Crippen LogP contribution is -2.12. The molecule has 1 aromatic heterocycles. The van der Waals surface area contributed by atoms with Crippen LogP contribution >= 0.6 is 23.2 Å². The monoisotopic (exact) mass is 435 g/mol. The number of hydrogen-bond acceptors (Lipinski definition) is 6. The number of benzene rings is 2. The summed E-state index contributed by atoms with van der Waals surface area (Å²) < 4.78 is 21.5. The van der Waals surface area contributed by atoms with Crippen LogP contribution in [0, 0.1) is 13.8 Å². The SMILES string of the molecule is Cc1noc(C)c1COc1ccc(C(=O)OCCOc2ccc(Cl)cc2Cl)cc1. The van der Waals surface area contributed by atoms with Crippen LogP contribution in [0.3, 0.4) is 0 Å². The Morgan fingerprint density at radius 1 is 1.03 bits per heavy atom. The van der Waals surface area contributed by atoms with Crippen molar-refractivity contribution in [2.75, 3.05) is 13.2 Å². The molecule has 0 saturated carbocycles. The van der Waals surface area contributed by atoms with Crippen molar-refractivity contribution in [2.45, 2.75) is 20.5 Å². The van der Waals surface area contributed by atoms with Gasteiger partial charge in [-0.1, -0.05) is 28.4 Å². The van der Waals surface area contributed by atoms with Gasteiger partial charge < -0.3 is 18.7 Å². The molecule has 8 heteroatoms. The minimum Gasteiger partial charge on any atom is -0.489 e. The summed E-state index contributed by atoms with van der Waals surface area (Å²) in [6.45, 7) is 4.30. The third kappa shape index (κ3) is 5.65. The number of halogens is 2. The van der Waals surface area contributed by atoms with Crippen LogP contribution in [0.2, 0.25) is 10.0 Å². The Bertz CT molecular complexity index is 966. The number of rotatable bonds is 8. The van der Waals surface area contributed by atoms with Gasteiger partial charge in [-0.05, 0) is 56.3 Å². The zero-order chi connectivity index (χ0) is 20.8. The molecular weight excluding hydrogens is 417 g/mol. The molecule has 2 aromatic carbocycles. The maximum atomic E-state index is 12.1. The summed E-state index contributed by atoms with van der Waals surface area (Å²) in [5.74, 6) is 1.38. The first kappa shape index (κ1) is 21.0. The first-order chi connectivity index (χ1) is 13.9. The topological polar surface area (TPSA) is 70.8 Å². The van der Waals surface area contributed by atoms with E-state index in [1.165, 1.54) is 0 Å². The minimum atomic E-state index is -0.451. The van der Waals surface area contributed by atoms with E-state index in [4.69, 9.17) is 41.9 Å². The van der Waals surface area contributed by atoms with E-state index in [-0.39, 0.29) is 13.2 Å². The van der Waals surface area contributed by atoms with Crippen LogP contribution in [0.25, 0.3) is 0 Å². The lowest BCUT2D eigenvalue weighted by atomic mass is 10.2. The van der Waals surface area contributed by atoms with Crippen LogP contribution in [0.1, 0.15) is 27.4 Å². The first-order valence-electron chi connectivity index (χ1n) is 8.83. The lowest BCUT2D eigenvalue weighted by molar-refractivity contribution is 0.0450. The van der Waals surface area contributed by atoms with Gasteiger partial charge >= 0.3 is 5.97 Å². The molecule has 0 N–H and O–H groups in total. The van der Waals surface area contributed by atoms with Gasteiger partial charge in [-0.25, -0.2) is 4.79 Å². The van der Waals surface area contributed by atoms with E-state index in [0.717, 1.165) is 17.0 Å². The molecule has 0 bridgehead atoms. The quantitative estimate of drug-likeness (QED) is 0.347. The van der Waals surface area contributed by atoms with Gasteiger partial charge in [0, 0.05) is 5.02 Å². The Labute approximate surface area is 178 Å². The lowest BCUT2D eigenvalue weighted by Gasteiger charge is -2.09. The van der Waals surface area contributed by atoms with Crippen LogP contribution in [0.5, 0.6) is 11.5 Å². The fourth-order valence-corrected chi connectivity index (χ4v) is 2.98. The zero-order valence-electron chi connectivity index (χ0n) is 15.9. The normalized spacial score (nSPS) is 10.6. The number of aryl methyl sites for hydroxylation is 2. The van der Waals surface area contributed by atoms with E-state index >= 15 is 0 Å². The van der Waals surface area contributed by atoms with E-state index < -0.39 is 5.97 Å². The van der Waals surface area contributed by atoms with Gasteiger partial charge in [0.05, 0.1) is 21.8 Å². The highest BCUT2D eigenvalue weighted by Crippen LogP contribution is 2.27. The highest BCUT2D eigenvalue weighted by Gasteiger charge is 2.11. The van der Waals surface area contributed by atoms with Gasteiger partial charge in [0.2, 0.25) is 0 Å². The second-order valence-corrected chi connectivity index (χ2v) is 7.02. The number of nitrogens with zero attached hydrogens (tertiary/aromatic N) is 1. The maximum Gasteiger partial charge on any atom is 0.338 e. The molecule has 0 spiro atoms. The van der Waals surface area contributed by atoms with Gasteiger partial charge in [0.25, 0.3) is 0 Å². The Morgan fingerprint density at radius 3 is 2.45 bits per heavy atom. The van der Waals surface area contributed by atoms with Crippen LogP contribution in [-0.4, -0.2) is 24.3 Å². The molecule has 0 fully saturated rings. The van der Waals surface area contributed by atoms with Crippen molar-refractivity contribution in [1.82, 2.24) is 5.16 Å². The molecule has 0 unspecified atom stereocenters. The molecule has 0 aliphatic carbocycles. The molecule has 6 nitrogen and oxygen atoms in total. The fraction of sp³-hybridized carbons (Fsp3) is 0.238. The molecular formula is C21H19Cl2NO5. The molecule has 3 rings (SSSR count). The van der Waals surface area contributed by atoms with Gasteiger partial charge in [0.1, 0.15) is 37.1 Å². The number of carbonyl (C=O) groups is 1. The Kier molecular flexibility index (Phi) is 7.01. The van der Waals surface area contributed by atoms with E-state index in [1.807, 2.05) is 13.8 Å². The van der Waals surface area contributed by atoms with Crippen molar-refractivity contribution in [2.24, 2.45) is 0 Å². The van der Waals surface area contributed by atoms with Crippen molar-refractivity contribution < 1.29 is 23.5 Å². The average molecular weight is 436 g/mol. The zero-order valence-corrected chi connectivity index (χ0v) is 17.4. The summed E-state index contributed by atoms with van der Waals surface area (Å²) in [6, 6.07) is 11.6. The highest BCUT2D eigenvalue weighted by molar-refractivity contribution is 6.35. The van der Waals surface area contributed by atoms with Crippen molar-refractivity contribution in [3.05, 3.63) is 75.1 Å². The van der Waals surface area contributed by atoms with E-state index in [0.29, 0.717) is 33.7 Å². The molecule has 0 saturated heterocycles. The van der Waals surface area contributed by atoms with Gasteiger partial charge in [-0.3, -0.25) is 0 Å². The van der Waals surface area contributed by atoms with Crippen LogP contribution in [0.4, 0.5) is 0 Å². The van der Waals surface area contributed by atoms with Gasteiger partial charge in [0.15, 0.2) is 0 Å². The van der Waals surface area contributed by atoms with Crippen molar-refractivity contribution in [1.29, 1.82) is 0 Å². The smallest absolute Gasteiger partial charge is 0.338 e. The molecule has 0 aliphatic rings. The van der Waals surface area contributed by atoms with Crippen molar-refractivity contribution in [3.63, 3.8) is 0 Å². The predicted molar refractivity (Wildman–Crippen MR) is 109 cm³/mol.